The zero-order chi connectivity index (χ0) is 25.8. The van der Waals surface area contributed by atoms with Gasteiger partial charge in [-0.25, -0.2) is 14.2 Å². The van der Waals surface area contributed by atoms with Crippen molar-refractivity contribution in [2.24, 2.45) is 4.99 Å². The van der Waals surface area contributed by atoms with E-state index in [2.05, 4.69) is 27.6 Å². The molecule has 8 nitrogen and oxygen atoms in total. The SMILES string of the molecule is CCOc1cc(/C=C2\N=C(c3cccc([N+](=O)[O-])c3C)OC2=O)cc(I)c1OCc1cccc(F)c1. The van der Waals surface area contributed by atoms with E-state index in [-0.39, 0.29) is 29.7 Å². The van der Waals surface area contributed by atoms with Crippen LogP contribution in [0.25, 0.3) is 6.08 Å². The Morgan fingerprint density at radius 2 is 1.94 bits per heavy atom. The summed E-state index contributed by atoms with van der Waals surface area (Å²) in [5, 5.41) is 11.3. The number of rotatable bonds is 8. The van der Waals surface area contributed by atoms with Gasteiger partial charge in [0.25, 0.3) is 5.69 Å². The van der Waals surface area contributed by atoms with Crippen molar-refractivity contribution in [3.8, 4) is 11.5 Å². The fourth-order valence-electron chi connectivity index (χ4n) is 3.59. The second kappa shape index (κ2) is 10.9. The number of nitro groups is 1. The van der Waals surface area contributed by atoms with E-state index in [0.717, 1.165) is 0 Å². The number of hydrogen-bond donors (Lipinski definition) is 0. The average molecular weight is 602 g/mol. The molecule has 0 radical (unpaired) electrons. The zero-order valence-electron chi connectivity index (χ0n) is 19.3. The maximum absolute atomic E-state index is 13.5. The summed E-state index contributed by atoms with van der Waals surface area (Å²) in [6, 6.07) is 14.1. The normalized spacial score (nSPS) is 13.9. The molecule has 3 aromatic carbocycles. The number of esters is 1. The highest BCUT2D eigenvalue weighted by Crippen LogP contribution is 2.36. The van der Waals surface area contributed by atoms with Crippen LogP contribution in [0.1, 0.15) is 29.2 Å². The fraction of sp³-hybridized carbons (Fsp3) is 0.154. The Labute approximate surface area is 219 Å². The maximum Gasteiger partial charge on any atom is 0.363 e. The van der Waals surface area contributed by atoms with Gasteiger partial charge in [0.15, 0.2) is 17.2 Å². The second-order valence-corrected chi connectivity index (χ2v) is 8.89. The predicted octanol–water partition coefficient (Wildman–Crippen LogP) is 5.97. The van der Waals surface area contributed by atoms with Crippen LogP contribution in [0.2, 0.25) is 0 Å². The Balaban J connectivity index is 1.64. The lowest BCUT2D eigenvalue weighted by Crippen LogP contribution is -2.08. The lowest BCUT2D eigenvalue weighted by molar-refractivity contribution is -0.385. The third kappa shape index (κ3) is 5.54. The molecular weight excluding hydrogens is 582 g/mol. The number of cyclic esters (lactones) is 1. The molecule has 0 fully saturated rings. The number of benzene rings is 3. The summed E-state index contributed by atoms with van der Waals surface area (Å²) >= 11 is 2.10. The van der Waals surface area contributed by atoms with Crippen LogP contribution in [-0.2, 0) is 16.1 Å². The van der Waals surface area contributed by atoms with E-state index in [4.69, 9.17) is 14.2 Å². The highest BCUT2D eigenvalue weighted by Gasteiger charge is 2.27. The average Bonchev–Trinajstić information content (AvgIpc) is 3.18. The molecule has 36 heavy (non-hydrogen) atoms. The molecule has 1 heterocycles. The van der Waals surface area contributed by atoms with Crippen LogP contribution in [0.15, 0.2) is 65.3 Å². The zero-order valence-corrected chi connectivity index (χ0v) is 21.4. The Bertz CT molecular complexity index is 1420. The maximum atomic E-state index is 13.5. The highest BCUT2D eigenvalue weighted by molar-refractivity contribution is 14.1. The Morgan fingerprint density at radius 1 is 1.17 bits per heavy atom. The number of ether oxygens (including phenoxy) is 3. The summed E-state index contributed by atoms with van der Waals surface area (Å²) in [5.74, 6) is -0.0639. The van der Waals surface area contributed by atoms with Gasteiger partial charge >= 0.3 is 5.97 Å². The molecule has 0 saturated heterocycles. The van der Waals surface area contributed by atoms with Crippen molar-refractivity contribution >= 4 is 46.2 Å². The Morgan fingerprint density at radius 3 is 2.67 bits per heavy atom. The first-order valence-electron chi connectivity index (χ1n) is 10.9. The van der Waals surface area contributed by atoms with Gasteiger partial charge < -0.3 is 14.2 Å². The van der Waals surface area contributed by atoms with Gasteiger partial charge in [-0.1, -0.05) is 18.2 Å². The lowest BCUT2D eigenvalue weighted by atomic mass is 10.1. The molecule has 4 rings (SSSR count). The summed E-state index contributed by atoms with van der Waals surface area (Å²) < 4.78 is 31.2. The first-order chi connectivity index (χ1) is 17.3. The van der Waals surface area contributed by atoms with Crippen molar-refractivity contribution in [3.05, 3.63) is 102 Å². The van der Waals surface area contributed by atoms with Crippen LogP contribution >= 0.6 is 22.6 Å². The fourth-order valence-corrected chi connectivity index (χ4v) is 4.37. The summed E-state index contributed by atoms with van der Waals surface area (Å²) in [6.07, 6.45) is 1.54. The Kier molecular flexibility index (Phi) is 7.63. The molecule has 184 valence electrons. The van der Waals surface area contributed by atoms with Crippen molar-refractivity contribution in [2.45, 2.75) is 20.5 Å². The van der Waals surface area contributed by atoms with E-state index in [0.29, 0.717) is 43.9 Å². The first kappa shape index (κ1) is 25.3. The van der Waals surface area contributed by atoms with Gasteiger partial charge in [0, 0.05) is 17.2 Å². The van der Waals surface area contributed by atoms with Crippen LogP contribution in [-0.4, -0.2) is 23.4 Å². The van der Waals surface area contributed by atoms with Crippen LogP contribution in [0.4, 0.5) is 10.1 Å². The molecule has 0 atom stereocenters. The van der Waals surface area contributed by atoms with Gasteiger partial charge in [0.05, 0.1) is 15.1 Å². The van der Waals surface area contributed by atoms with Crippen molar-refractivity contribution in [1.29, 1.82) is 0 Å². The van der Waals surface area contributed by atoms with Gasteiger partial charge in [-0.2, -0.15) is 0 Å². The van der Waals surface area contributed by atoms with Gasteiger partial charge in [0.1, 0.15) is 12.4 Å². The van der Waals surface area contributed by atoms with Crippen LogP contribution in [0, 0.1) is 26.4 Å². The van der Waals surface area contributed by atoms with Gasteiger partial charge in [-0.05, 0) is 84.0 Å². The number of nitrogens with zero attached hydrogens (tertiary/aromatic N) is 2. The largest absolute Gasteiger partial charge is 0.490 e. The molecule has 0 unspecified atom stereocenters. The number of carbonyl (C=O) groups excluding carboxylic acids is 1. The van der Waals surface area contributed by atoms with Crippen LogP contribution < -0.4 is 9.47 Å². The third-order valence-corrected chi connectivity index (χ3v) is 6.06. The molecule has 0 saturated carbocycles. The van der Waals surface area contributed by atoms with Crippen molar-refractivity contribution in [2.75, 3.05) is 6.61 Å². The van der Waals surface area contributed by atoms with Crippen LogP contribution in [0.3, 0.4) is 0 Å². The van der Waals surface area contributed by atoms with E-state index in [1.54, 1.807) is 43.3 Å². The number of hydrogen-bond acceptors (Lipinski definition) is 7. The smallest absolute Gasteiger partial charge is 0.363 e. The van der Waals surface area contributed by atoms with Crippen LogP contribution in [0.5, 0.6) is 11.5 Å². The predicted molar refractivity (Wildman–Crippen MR) is 139 cm³/mol. The van der Waals surface area contributed by atoms with Gasteiger partial charge in [-0.3, -0.25) is 10.1 Å². The minimum Gasteiger partial charge on any atom is -0.490 e. The van der Waals surface area contributed by atoms with E-state index in [9.17, 15) is 19.3 Å². The third-order valence-electron chi connectivity index (χ3n) is 5.26. The molecule has 3 aromatic rings. The van der Waals surface area contributed by atoms with E-state index in [1.165, 1.54) is 24.3 Å². The minimum atomic E-state index is -0.671. The standard InChI is InChI=1S/C26H20FIN2O6/c1-3-34-23-13-17(11-20(28)24(23)35-14-16-6-4-7-18(27)10-16)12-21-26(31)36-25(29-21)19-8-5-9-22(15(19)2)30(32)33/h4-13H,3,14H2,1-2H3/b21-12-. The van der Waals surface area contributed by atoms with E-state index < -0.39 is 10.9 Å². The van der Waals surface area contributed by atoms with Gasteiger partial charge in [0.2, 0.25) is 5.90 Å². The molecule has 0 spiro atoms. The van der Waals surface area contributed by atoms with E-state index >= 15 is 0 Å². The highest BCUT2D eigenvalue weighted by atomic mass is 127. The topological polar surface area (TPSA) is 100 Å². The number of nitro benzene ring substituents is 1. The van der Waals surface area contributed by atoms with Crippen molar-refractivity contribution in [1.82, 2.24) is 0 Å². The van der Waals surface area contributed by atoms with Gasteiger partial charge in [-0.15, -0.1) is 0 Å². The monoisotopic (exact) mass is 602 g/mol. The quantitative estimate of drug-likeness (QED) is 0.104. The molecule has 1 aliphatic rings. The molecular formula is C26H20FIN2O6. The summed E-state index contributed by atoms with van der Waals surface area (Å²) in [5.41, 5.74) is 1.96. The summed E-state index contributed by atoms with van der Waals surface area (Å²) in [6.45, 7) is 3.94. The van der Waals surface area contributed by atoms with E-state index in [1.807, 2.05) is 6.92 Å². The second-order valence-electron chi connectivity index (χ2n) is 7.72. The molecule has 1 aliphatic heterocycles. The van der Waals surface area contributed by atoms with Crippen molar-refractivity contribution in [3.63, 3.8) is 0 Å². The minimum absolute atomic E-state index is 0.00206. The number of carbonyl (C=O) groups is 1. The number of aliphatic imine (C=N–C) groups is 1. The summed E-state index contributed by atoms with van der Waals surface area (Å²) in [4.78, 5) is 27.6. The Hall–Kier alpha value is -3.80. The summed E-state index contributed by atoms with van der Waals surface area (Å²) in [7, 11) is 0. The molecule has 0 aromatic heterocycles. The molecule has 0 amide bonds. The molecule has 0 aliphatic carbocycles. The molecule has 0 N–H and O–H groups in total. The lowest BCUT2D eigenvalue weighted by Gasteiger charge is -2.15. The first-order valence-corrected chi connectivity index (χ1v) is 11.9. The van der Waals surface area contributed by atoms with Crippen molar-refractivity contribution < 1.29 is 28.3 Å². The molecule has 10 heteroatoms. The number of halogens is 2. The molecule has 0 bridgehead atoms.